The van der Waals surface area contributed by atoms with Crippen molar-refractivity contribution in [2.75, 3.05) is 31.2 Å². The SMILES string of the molecule is Cl.NCc1cccnc1N1CCOCC1. The maximum Gasteiger partial charge on any atom is 0.133 e. The highest BCUT2D eigenvalue weighted by molar-refractivity contribution is 5.85. The lowest BCUT2D eigenvalue weighted by Crippen LogP contribution is -2.37. The van der Waals surface area contributed by atoms with Gasteiger partial charge in [0.05, 0.1) is 13.2 Å². The Labute approximate surface area is 95.8 Å². The molecule has 1 aliphatic rings. The Bertz CT molecular complexity index is 302. The number of nitrogens with zero attached hydrogens (tertiary/aromatic N) is 2. The van der Waals surface area contributed by atoms with Gasteiger partial charge in [0.15, 0.2) is 0 Å². The second kappa shape index (κ2) is 5.90. The molecule has 0 amide bonds. The van der Waals surface area contributed by atoms with Crippen LogP contribution >= 0.6 is 12.4 Å². The first kappa shape index (κ1) is 12.2. The van der Waals surface area contributed by atoms with Crippen LogP contribution < -0.4 is 10.6 Å². The summed E-state index contributed by atoms with van der Waals surface area (Å²) in [5.41, 5.74) is 6.77. The van der Waals surface area contributed by atoms with Crippen LogP contribution in [-0.4, -0.2) is 31.3 Å². The van der Waals surface area contributed by atoms with E-state index in [0.717, 1.165) is 37.7 Å². The minimum Gasteiger partial charge on any atom is -0.378 e. The molecule has 15 heavy (non-hydrogen) atoms. The van der Waals surface area contributed by atoms with Gasteiger partial charge in [0.1, 0.15) is 5.82 Å². The smallest absolute Gasteiger partial charge is 0.133 e. The van der Waals surface area contributed by atoms with Crippen molar-refractivity contribution < 1.29 is 4.74 Å². The van der Waals surface area contributed by atoms with Gasteiger partial charge in [0.2, 0.25) is 0 Å². The Hall–Kier alpha value is -0.840. The fourth-order valence-corrected chi connectivity index (χ4v) is 1.65. The van der Waals surface area contributed by atoms with Gasteiger partial charge in [-0.05, 0) is 6.07 Å². The Morgan fingerprint density at radius 3 is 2.80 bits per heavy atom. The fourth-order valence-electron chi connectivity index (χ4n) is 1.65. The molecule has 0 unspecified atom stereocenters. The number of nitrogens with two attached hydrogens (primary N) is 1. The molecule has 84 valence electrons. The zero-order valence-corrected chi connectivity index (χ0v) is 9.37. The molecule has 0 spiro atoms. The quantitative estimate of drug-likeness (QED) is 0.815. The van der Waals surface area contributed by atoms with Gasteiger partial charge >= 0.3 is 0 Å². The summed E-state index contributed by atoms with van der Waals surface area (Å²) < 4.78 is 5.29. The van der Waals surface area contributed by atoms with Gasteiger partial charge in [0.25, 0.3) is 0 Å². The summed E-state index contributed by atoms with van der Waals surface area (Å²) in [6, 6.07) is 3.95. The zero-order valence-electron chi connectivity index (χ0n) is 8.56. The summed E-state index contributed by atoms with van der Waals surface area (Å²) in [5, 5.41) is 0. The van der Waals surface area contributed by atoms with E-state index in [-0.39, 0.29) is 12.4 Å². The van der Waals surface area contributed by atoms with Crippen molar-refractivity contribution in [3.05, 3.63) is 23.9 Å². The molecule has 1 aromatic heterocycles. The normalized spacial score (nSPS) is 15.9. The molecular weight excluding hydrogens is 214 g/mol. The second-order valence-corrected chi connectivity index (χ2v) is 3.29. The third-order valence-electron chi connectivity index (χ3n) is 2.40. The number of anilines is 1. The predicted octanol–water partition coefficient (Wildman–Crippen LogP) is 0.799. The molecule has 4 nitrogen and oxygen atoms in total. The van der Waals surface area contributed by atoms with Crippen LogP contribution in [0.2, 0.25) is 0 Å². The number of hydrogen-bond donors (Lipinski definition) is 1. The number of morpholine rings is 1. The number of rotatable bonds is 2. The monoisotopic (exact) mass is 229 g/mol. The van der Waals surface area contributed by atoms with Crippen molar-refractivity contribution in [2.45, 2.75) is 6.54 Å². The van der Waals surface area contributed by atoms with Crippen molar-refractivity contribution in [3.8, 4) is 0 Å². The largest absolute Gasteiger partial charge is 0.378 e. The van der Waals surface area contributed by atoms with E-state index in [9.17, 15) is 0 Å². The Morgan fingerprint density at radius 2 is 2.13 bits per heavy atom. The van der Waals surface area contributed by atoms with Gasteiger partial charge in [0, 0.05) is 31.4 Å². The van der Waals surface area contributed by atoms with Crippen molar-refractivity contribution >= 4 is 18.2 Å². The molecule has 0 bridgehead atoms. The first-order valence-corrected chi connectivity index (χ1v) is 4.88. The average molecular weight is 230 g/mol. The van der Waals surface area contributed by atoms with Gasteiger partial charge < -0.3 is 15.4 Å². The van der Waals surface area contributed by atoms with Gasteiger partial charge in [-0.3, -0.25) is 0 Å². The third-order valence-corrected chi connectivity index (χ3v) is 2.40. The highest BCUT2D eigenvalue weighted by Crippen LogP contribution is 2.17. The van der Waals surface area contributed by atoms with Gasteiger partial charge in [-0.25, -0.2) is 4.98 Å². The first-order valence-electron chi connectivity index (χ1n) is 4.88. The molecule has 0 aliphatic carbocycles. The van der Waals surface area contributed by atoms with Crippen LogP contribution in [0.4, 0.5) is 5.82 Å². The summed E-state index contributed by atoms with van der Waals surface area (Å²) in [7, 11) is 0. The molecule has 1 saturated heterocycles. The van der Waals surface area contributed by atoms with Crippen LogP contribution in [0.1, 0.15) is 5.56 Å². The lowest BCUT2D eigenvalue weighted by atomic mass is 10.2. The van der Waals surface area contributed by atoms with Crippen LogP contribution in [0.3, 0.4) is 0 Å². The van der Waals surface area contributed by atoms with E-state index in [2.05, 4.69) is 9.88 Å². The second-order valence-electron chi connectivity index (χ2n) is 3.29. The molecule has 2 heterocycles. The maximum atomic E-state index is 5.66. The minimum absolute atomic E-state index is 0. The molecule has 0 atom stereocenters. The lowest BCUT2D eigenvalue weighted by Gasteiger charge is -2.29. The van der Waals surface area contributed by atoms with Crippen LogP contribution in [-0.2, 0) is 11.3 Å². The molecule has 2 N–H and O–H groups in total. The predicted molar refractivity (Wildman–Crippen MR) is 62.4 cm³/mol. The molecule has 0 radical (unpaired) electrons. The fraction of sp³-hybridized carbons (Fsp3) is 0.500. The van der Waals surface area contributed by atoms with Crippen LogP contribution in [0.5, 0.6) is 0 Å². The van der Waals surface area contributed by atoms with E-state index in [1.54, 1.807) is 0 Å². The standard InChI is InChI=1S/C10H15N3O.ClH/c11-8-9-2-1-3-12-10(9)13-4-6-14-7-5-13;/h1-3H,4-8,11H2;1H. The van der Waals surface area contributed by atoms with Crippen LogP contribution in [0.15, 0.2) is 18.3 Å². The number of aromatic nitrogens is 1. The average Bonchev–Trinajstić information content (AvgIpc) is 2.30. The maximum absolute atomic E-state index is 5.66. The third kappa shape index (κ3) is 2.81. The Balaban J connectivity index is 0.00000112. The highest BCUT2D eigenvalue weighted by Gasteiger charge is 2.14. The van der Waals surface area contributed by atoms with Crippen molar-refractivity contribution in [1.29, 1.82) is 0 Å². The number of pyridine rings is 1. The summed E-state index contributed by atoms with van der Waals surface area (Å²) in [4.78, 5) is 6.59. The topological polar surface area (TPSA) is 51.4 Å². The van der Waals surface area contributed by atoms with Gasteiger partial charge in [-0.1, -0.05) is 6.07 Å². The van der Waals surface area contributed by atoms with E-state index < -0.39 is 0 Å². The minimum atomic E-state index is 0. The van der Waals surface area contributed by atoms with Crippen molar-refractivity contribution in [2.24, 2.45) is 5.73 Å². The van der Waals surface area contributed by atoms with E-state index >= 15 is 0 Å². The van der Waals surface area contributed by atoms with Crippen LogP contribution in [0, 0.1) is 0 Å². The summed E-state index contributed by atoms with van der Waals surface area (Å²) >= 11 is 0. The number of ether oxygens (including phenoxy) is 1. The molecule has 1 aliphatic heterocycles. The Morgan fingerprint density at radius 1 is 1.40 bits per heavy atom. The molecule has 1 aromatic rings. The summed E-state index contributed by atoms with van der Waals surface area (Å²) in [5.74, 6) is 1.01. The number of hydrogen-bond acceptors (Lipinski definition) is 4. The highest BCUT2D eigenvalue weighted by atomic mass is 35.5. The van der Waals surface area contributed by atoms with Crippen molar-refractivity contribution in [1.82, 2.24) is 4.98 Å². The van der Waals surface area contributed by atoms with Gasteiger partial charge in [-0.2, -0.15) is 0 Å². The zero-order chi connectivity index (χ0) is 9.80. The molecule has 5 heteroatoms. The molecule has 0 aromatic carbocycles. The van der Waals surface area contributed by atoms with Gasteiger partial charge in [-0.15, -0.1) is 12.4 Å². The van der Waals surface area contributed by atoms with Crippen molar-refractivity contribution in [3.63, 3.8) is 0 Å². The molecule has 2 rings (SSSR count). The van der Waals surface area contributed by atoms with E-state index in [1.165, 1.54) is 0 Å². The lowest BCUT2D eigenvalue weighted by molar-refractivity contribution is 0.122. The van der Waals surface area contributed by atoms with Crippen LogP contribution in [0.25, 0.3) is 0 Å². The number of halogens is 1. The molecular formula is C10H16ClN3O. The summed E-state index contributed by atoms with van der Waals surface area (Å²) in [6.45, 7) is 3.91. The van der Waals surface area contributed by atoms with E-state index in [4.69, 9.17) is 10.5 Å². The van der Waals surface area contributed by atoms with E-state index in [1.807, 2.05) is 18.3 Å². The van der Waals surface area contributed by atoms with E-state index in [0.29, 0.717) is 6.54 Å². The molecule has 1 fully saturated rings. The Kier molecular flexibility index (Phi) is 4.81. The summed E-state index contributed by atoms with van der Waals surface area (Å²) in [6.07, 6.45) is 1.81. The molecule has 0 saturated carbocycles. The first-order chi connectivity index (χ1) is 6.92.